The predicted octanol–water partition coefficient (Wildman–Crippen LogP) is 6.61. The second kappa shape index (κ2) is 5.21. The minimum Gasteiger partial charge on any atom is -0.0616 e. The molecule has 0 heterocycles. The van der Waals surface area contributed by atoms with E-state index >= 15 is 0 Å². The van der Waals surface area contributed by atoms with Gasteiger partial charge in [0.2, 0.25) is 0 Å². The first-order valence-corrected chi connectivity index (χ1v) is 8.21. The van der Waals surface area contributed by atoms with Gasteiger partial charge in [-0.1, -0.05) is 84.9 Å². The van der Waals surface area contributed by atoms with Crippen LogP contribution in [0.2, 0.25) is 0 Å². The van der Waals surface area contributed by atoms with E-state index in [1.165, 1.54) is 32.5 Å². The monoisotopic (exact) mass is 303 g/mol. The van der Waals surface area contributed by atoms with Crippen LogP contribution in [0.1, 0.15) is 0 Å². The van der Waals surface area contributed by atoms with Crippen molar-refractivity contribution in [2.24, 2.45) is 0 Å². The Morgan fingerprint density at radius 2 is 1.17 bits per heavy atom. The van der Waals surface area contributed by atoms with Crippen molar-refractivity contribution in [2.45, 2.75) is 0 Å². The maximum atomic E-state index is 3.56. The summed E-state index contributed by atoms with van der Waals surface area (Å²) >= 11 is 0. The first-order valence-electron chi connectivity index (χ1n) is 8.21. The van der Waals surface area contributed by atoms with Crippen LogP contribution in [0, 0.1) is 6.07 Å². The highest BCUT2D eigenvalue weighted by molar-refractivity contribution is 6.08. The van der Waals surface area contributed by atoms with Gasteiger partial charge in [0, 0.05) is 0 Å². The molecule has 0 saturated heterocycles. The summed E-state index contributed by atoms with van der Waals surface area (Å²) in [5.41, 5.74) is 2.35. The Labute approximate surface area is 141 Å². The number of rotatable bonds is 1. The van der Waals surface area contributed by atoms with Gasteiger partial charge in [0.15, 0.2) is 0 Å². The zero-order chi connectivity index (χ0) is 15.9. The Kier molecular flexibility index (Phi) is 2.89. The smallest absolute Gasteiger partial charge is 0.00143 e. The lowest BCUT2D eigenvalue weighted by atomic mass is 9.96. The second-order valence-corrected chi connectivity index (χ2v) is 6.18. The van der Waals surface area contributed by atoms with Crippen LogP contribution in [0.3, 0.4) is 0 Å². The van der Waals surface area contributed by atoms with Gasteiger partial charge in [-0.3, -0.25) is 0 Å². The van der Waals surface area contributed by atoms with E-state index < -0.39 is 0 Å². The molecule has 0 saturated carbocycles. The summed E-state index contributed by atoms with van der Waals surface area (Å²) in [7, 11) is 0. The zero-order valence-corrected chi connectivity index (χ0v) is 13.2. The topological polar surface area (TPSA) is 0 Å². The van der Waals surface area contributed by atoms with Crippen LogP contribution in [0.4, 0.5) is 0 Å². The van der Waals surface area contributed by atoms with E-state index in [2.05, 4.69) is 97.1 Å². The number of hydrogen-bond donors (Lipinski definition) is 0. The van der Waals surface area contributed by atoms with Gasteiger partial charge in [-0.2, -0.15) is 0 Å². The van der Waals surface area contributed by atoms with Crippen LogP contribution in [0.5, 0.6) is 0 Å². The molecular weight excluding hydrogens is 288 g/mol. The molecule has 0 aliphatic rings. The molecule has 24 heavy (non-hydrogen) atoms. The van der Waals surface area contributed by atoms with E-state index in [1.807, 2.05) is 0 Å². The van der Waals surface area contributed by atoms with Crippen molar-refractivity contribution in [3.8, 4) is 11.1 Å². The summed E-state index contributed by atoms with van der Waals surface area (Å²) in [6, 6.07) is 35.9. The van der Waals surface area contributed by atoms with Crippen molar-refractivity contribution >= 4 is 32.3 Å². The Morgan fingerprint density at radius 1 is 0.500 bits per heavy atom. The minimum absolute atomic E-state index is 1.14. The maximum Gasteiger partial charge on any atom is -0.00143 e. The molecule has 0 atom stereocenters. The fourth-order valence-corrected chi connectivity index (χ4v) is 3.45. The molecule has 0 aliphatic carbocycles. The molecule has 1 radical (unpaired) electrons. The predicted molar refractivity (Wildman–Crippen MR) is 103 cm³/mol. The average Bonchev–Trinajstić information content (AvgIpc) is 2.67. The molecule has 0 spiro atoms. The standard InChI is InChI=1S/C24H15/c1-2-7-20-15-21(13-9-17(20)5-1)22-14-12-19-11-10-18-6-3-4-8-23(18)24(19)16-22/h1-14,16H. The fourth-order valence-electron chi connectivity index (χ4n) is 3.45. The van der Waals surface area contributed by atoms with Gasteiger partial charge in [-0.15, -0.1) is 0 Å². The van der Waals surface area contributed by atoms with Gasteiger partial charge in [0.25, 0.3) is 0 Å². The van der Waals surface area contributed by atoms with E-state index in [0.29, 0.717) is 0 Å². The summed E-state index contributed by atoms with van der Waals surface area (Å²) < 4.78 is 0. The zero-order valence-electron chi connectivity index (χ0n) is 13.2. The van der Waals surface area contributed by atoms with Crippen LogP contribution in [0.15, 0.2) is 91.0 Å². The fraction of sp³-hybridized carbons (Fsp3) is 0. The molecule has 0 aliphatic heterocycles. The van der Waals surface area contributed by atoms with Gasteiger partial charge in [-0.25, -0.2) is 0 Å². The van der Waals surface area contributed by atoms with E-state index in [4.69, 9.17) is 0 Å². The summed E-state index contributed by atoms with van der Waals surface area (Å²) in [6.07, 6.45) is 0. The van der Waals surface area contributed by atoms with Crippen LogP contribution in [-0.2, 0) is 0 Å². The molecule has 5 aromatic carbocycles. The molecule has 0 heteroatoms. The molecule has 5 rings (SSSR count). The second-order valence-electron chi connectivity index (χ2n) is 6.18. The van der Waals surface area contributed by atoms with Crippen LogP contribution < -0.4 is 0 Å². The van der Waals surface area contributed by atoms with Crippen LogP contribution >= 0.6 is 0 Å². The first-order chi connectivity index (χ1) is 11.9. The highest BCUT2D eigenvalue weighted by Crippen LogP contribution is 2.31. The third kappa shape index (κ3) is 2.08. The van der Waals surface area contributed by atoms with Gasteiger partial charge < -0.3 is 0 Å². The third-order valence-electron chi connectivity index (χ3n) is 4.72. The van der Waals surface area contributed by atoms with Gasteiger partial charge in [0.05, 0.1) is 0 Å². The van der Waals surface area contributed by atoms with Crippen LogP contribution in [0.25, 0.3) is 43.4 Å². The summed E-state index contributed by atoms with van der Waals surface area (Å²) in [5.74, 6) is 0. The van der Waals surface area contributed by atoms with E-state index in [9.17, 15) is 0 Å². The van der Waals surface area contributed by atoms with Gasteiger partial charge in [0.1, 0.15) is 0 Å². The molecule has 0 unspecified atom stereocenters. The van der Waals surface area contributed by atoms with E-state index in [-0.39, 0.29) is 0 Å². The summed E-state index contributed by atoms with van der Waals surface area (Å²) in [4.78, 5) is 0. The molecule has 0 fully saturated rings. The largest absolute Gasteiger partial charge is 0.0616 e. The Balaban J connectivity index is 1.77. The number of benzene rings is 5. The first kappa shape index (κ1) is 13.3. The highest BCUT2D eigenvalue weighted by atomic mass is 14.1. The van der Waals surface area contributed by atoms with Crippen LogP contribution in [-0.4, -0.2) is 0 Å². The summed E-state index contributed by atoms with van der Waals surface area (Å²) in [6.45, 7) is 0. The number of fused-ring (bicyclic) bond motifs is 4. The van der Waals surface area contributed by atoms with E-state index in [0.717, 1.165) is 10.9 Å². The van der Waals surface area contributed by atoms with Gasteiger partial charge in [-0.05, 0) is 55.6 Å². The van der Waals surface area contributed by atoms with E-state index in [1.54, 1.807) is 0 Å². The Hall–Kier alpha value is -3.12. The highest BCUT2D eigenvalue weighted by Gasteiger charge is 2.04. The van der Waals surface area contributed by atoms with Crippen molar-refractivity contribution in [1.82, 2.24) is 0 Å². The van der Waals surface area contributed by atoms with Gasteiger partial charge >= 0.3 is 0 Å². The number of hydrogen-bond acceptors (Lipinski definition) is 0. The lowest BCUT2D eigenvalue weighted by molar-refractivity contribution is 1.67. The third-order valence-corrected chi connectivity index (χ3v) is 4.72. The average molecular weight is 303 g/mol. The molecule has 111 valence electrons. The lowest BCUT2D eigenvalue weighted by Crippen LogP contribution is -1.82. The molecular formula is C24H15. The van der Waals surface area contributed by atoms with Crippen molar-refractivity contribution in [2.75, 3.05) is 0 Å². The van der Waals surface area contributed by atoms with Crippen molar-refractivity contribution in [3.63, 3.8) is 0 Å². The Morgan fingerprint density at radius 3 is 2.08 bits per heavy atom. The Bertz CT molecular complexity index is 1200. The van der Waals surface area contributed by atoms with Crippen molar-refractivity contribution in [1.29, 1.82) is 0 Å². The SMILES string of the molecule is [c]1c(-c2ccc3ccc4ccccc4c3c2)ccc2ccccc12. The molecule has 0 amide bonds. The molecule has 0 bridgehead atoms. The minimum atomic E-state index is 1.14. The lowest BCUT2D eigenvalue weighted by Gasteiger charge is -2.08. The maximum absolute atomic E-state index is 3.56. The molecule has 5 aromatic rings. The van der Waals surface area contributed by atoms with Crippen molar-refractivity contribution in [3.05, 3.63) is 97.1 Å². The quantitative estimate of drug-likeness (QED) is 0.305. The molecule has 0 aromatic heterocycles. The van der Waals surface area contributed by atoms with Crippen molar-refractivity contribution < 1.29 is 0 Å². The molecule has 0 nitrogen and oxygen atoms in total. The normalized spacial score (nSPS) is 11.3. The summed E-state index contributed by atoms with van der Waals surface area (Å²) in [5, 5.41) is 7.55. The molecule has 0 N–H and O–H groups in total.